The largest absolute Gasteiger partial charge is 0.496 e. The van der Waals surface area contributed by atoms with E-state index in [9.17, 15) is 4.79 Å². The van der Waals surface area contributed by atoms with Gasteiger partial charge in [0.25, 0.3) is 0 Å². The lowest BCUT2D eigenvalue weighted by Crippen LogP contribution is -2.53. The van der Waals surface area contributed by atoms with E-state index in [1.165, 1.54) is 0 Å². The zero-order chi connectivity index (χ0) is 13.1. The molecule has 1 saturated heterocycles. The van der Waals surface area contributed by atoms with Crippen molar-refractivity contribution in [2.45, 2.75) is 6.04 Å². The third kappa shape index (κ3) is 2.66. The first-order valence-corrected chi connectivity index (χ1v) is 6.30. The number of nitrogens with one attached hydrogen (secondary N) is 1. The molecule has 1 aromatic carbocycles. The molecule has 4 nitrogen and oxygen atoms in total. The molecule has 98 valence electrons. The molecule has 0 spiro atoms. The second kappa shape index (κ2) is 5.69. The maximum Gasteiger partial charge on any atom is 0.185 e. The van der Waals surface area contributed by atoms with Crippen molar-refractivity contribution < 1.29 is 9.53 Å². The summed E-state index contributed by atoms with van der Waals surface area (Å²) >= 11 is 5.96. The average Bonchev–Trinajstić information content (AvgIpc) is 2.38. The molecule has 0 radical (unpaired) electrons. The van der Waals surface area contributed by atoms with Crippen LogP contribution in [0.1, 0.15) is 10.4 Å². The van der Waals surface area contributed by atoms with E-state index in [0.717, 1.165) is 13.1 Å². The van der Waals surface area contributed by atoms with Crippen LogP contribution in [0.4, 0.5) is 0 Å². The number of likely N-dealkylation sites (N-methyl/N-ethyl adjacent to an activating group) is 1. The third-order valence-electron chi connectivity index (χ3n) is 3.24. The van der Waals surface area contributed by atoms with Crippen LogP contribution in [0.25, 0.3) is 0 Å². The fourth-order valence-corrected chi connectivity index (χ4v) is 2.32. The number of benzene rings is 1. The van der Waals surface area contributed by atoms with Gasteiger partial charge in [-0.2, -0.15) is 0 Å². The van der Waals surface area contributed by atoms with Crippen LogP contribution in [0, 0.1) is 0 Å². The predicted molar refractivity (Wildman–Crippen MR) is 71.6 cm³/mol. The standard InChI is InChI=1S/C13H17ClN2O2/c1-16-6-5-15-8-11(16)13(17)10-7-9(14)3-4-12(10)18-2/h3-4,7,11,15H,5-6,8H2,1-2H3. The highest BCUT2D eigenvalue weighted by Gasteiger charge is 2.28. The van der Waals surface area contributed by atoms with Gasteiger partial charge in [-0.15, -0.1) is 0 Å². The summed E-state index contributed by atoms with van der Waals surface area (Å²) < 4.78 is 5.23. The molecule has 1 aliphatic rings. The normalized spacial score (nSPS) is 20.7. The monoisotopic (exact) mass is 268 g/mol. The second-order valence-corrected chi connectivity index (χ2v) is 4.85. The summed E-state index contributed by atoms with van der Waals surface area (Å²) in [5.41, 5.74) is 0.547. The fourth-order valence-electron chi connectivity index (χ4n) is 2.15. The average molecular weight is 269 g/mol. The van der Waals surface area contributed by atoms with Gasteiger partial charge in [-0.1, -0.05) is 11.6 Å². The topological polar surface area (TPSA) is 41.6 Å². The number of ketones is 1. The van der Waals surface area contributed by atoms with Crippen LogP contribution in [0.2, 0.25) is 5.02 Å². The Kier molecular flexibility index (Phi) is 4.22. The fraction of sp³-hybridized carbons (Fsp3) is 0.462. The first-order valence-electron chi connectivity index (χ1n) is 5.92. The molecular weight excluding hydrogens is 252 g/mol. The SMILES string of the molecule is COc1ccc(Cl)cc1C(=O)C1CNCCN1C. The van der Waals surface area contributed by atoms with Crippen molar-refractivity contribution in [3.8, 4) is 5.75 Å². The quantitative estimate of drug-likeness (QED) is 0.843. The molecule has 1 heterocycles. The summed E-state index contributed by atoms with van der Waals surface area (Å²) in [5.74, 6) is 0.618. The van der Waals surface area contributed by atoms with Crippen molar-refractivity contribution in [3.05, 3.63) is 28.8 Å². The van der Waals surface area contributed by atoms with Crippen LogP contribution in [-0.2, 0) is 0 Å². The number of carbonyl (C=O) groups excluding carboxylic acids is 1. The minimum Gasteiger partial charge on any atom is -0.496 e. The van der Waals surface area contributed by atoms with Crippen molar-refractivity contribution in [2.24, 2.45) is 0 Å². The summed E-state index contributed by atoms with van der Waals surface area (Å²) in [5, 5.41) is 3.78. The number of hydrogen-bond donors (Lipinski definition) is 1. The first kappa shape index (κ1) is 13.3. The van der Waals surface area contributed by atoms with Gasteiger partial charge in [0.1, 0.15) is 5.75 Å². The van der Waals surface area contributed by atoms with Crippen LogP contribution < -0.4 is 10.1 Å². The van der Waals surface area contributed by atoms with Gasteiger partial charge < -0.3 is 10.1 Å². The summed E-state index contributed by atoms with van der Waals surface area (Å²) in [6.45, 7) is 2.43. The van der Waals surface area contributed by atoms with Gasteiger partial charge in [-0.3, -0.25) is 9.69 Å². The highest BCUT2D eigenvalue weighted by molar-refractivity contribution is 6.31. The van der Waals surface area contributed by atoms with Crippen LogP contribution in [0.3, 0.4) is 0 Å². The molecule has 0 bridgehead atoms. The highest BCUT2D eigenvalue weighted by atomic mass is 35.5. The van der Waals surface area contributed by atoms with Gasteiger partial charge in [0.2, 0.25) is 0 Å². The van der Waals surface area contributed by atoms with E-state index in [1.54, 1.807) is 25.3 Å². The van der Waals surface area contributed by atoms with Gasteiger partial charge in [0.05, 0.1) is 18.7 Å². The Morgan fingerprint density at radius 3 is 3.00 bits per heavy atom. The van der Waals surface area contributed by atoms with Crippen molar-refractivity contribution in [2.75, 3.05) is 33.8 Å². The van der Waals surface area contributed by atoms with E-state index >= 15 is 0 Å². The maximum absolute atomic E-state index is 12.5. The summed E-state index contributed by atoms with van der Waals surface area (Å²) in [7, 11) is 3.52. The van der Waals surface area contributed by atoms with E-state index in [2.05, 4.69) is 10.2 Å². The van der Waals surface area contributed by atoms with Crippen molar-refractivity contribution in [1.82, 2.24) is 10.2 Å². The number of carbonyl (C=O) groups is 1. The Morgan fingerprint density at radius 1 is 1.56 bits per heavy atom. The van der Waals surface area contributed by atoms with Crippen LogP contribution >= 0.6 is 11.6 Å². The molecule has 18 heavy (non-hydrogen) atoms. The van der Waals surface area contributed by atoms with Crippen LogP contribution in [0.15, 0.2) is 18.2 Å². The molecule has 2 rings (SSSR count). The Morgan fingerprint density at radius 2 is 2.33 bits per heavy atom. The molecule has 1 atom stereocenters. The van der Waals surface area contributed by atoms with E-state index in [0.29, 0.717) is 22.9 Å². The summed E-state index contributed by atoms with van der Waals surface area (Å²) in [6.07, 6.45) is 0. The van der Waals surface area contributed by atoms with E-state index in [4.69, 9.17) is 16.3 Å². The van der Waals surface area contributed by atoms with Gasteiger partial charge in [0.15, 0.2) is 5.78 Å². The molecule has 0 amide bonds. The predicted octanol–water partition coefficient (Wildman–Crippen LogP) is 1.43. The molecule has 5 heteroatoms. The second-order valence-electron chi connectivity index (χ2n) is 4.41. The maximum atomic E-state index is 12.5. The Labute approximate surface area is 112 Å². The number of nitrogens with zero attached hydrogens (tertiary/aromatic N) is 1. The van der Waals surface area contributed by atoms with Gasteiger partial charge in [-0.25, -0.2) is 0 Å². The van der Waals surface area contributed by atoms with E-state index in [-0.39, 0.29) is 11.8 Å². The van der Waals surface area contributed by atoms with Crippen molar-refractivity contribution in [3.63, 3.8) is 0 Å². The van der Waals surface area contributed by atoms with Crippen LogP contribution in [0.5, 0.6) is 5.75 Å². The molecular formula is C13H17ClN2O2. The number of methoxy groups -OCH3 is 1. The minimum atomic E-state index is -0.161. The van der Waals surface area contributed by atoms with Gasteiger partial charge in [-0.05, 0) is 25.2 Å². The molecule has 1 unspecified atom stereocenters. The number of halogens is 1. The lowest BCUT2D eigenvalue weighted by Gasteiger charge is -2.32. The van der Waals surface area contributed by atoms with Gasteiger partial charge in [0, 0.05) is 24.7 Å². The molecule has 1 aromatic rings. The van der Waals surface area contributed by atoms with Gasteiger partial charge >= 0.3 is 0 Å². The third-order valence-corrected chi connectivity index (χ3v) is 3.48. The summed E-state index contributed by atoms with van der Waals surface area (Å²) in [4.78, 5) is 14.6. The van der Waals surface area contributed by atoms with Crippen molar-refractivity contribution >= 4 is 17.4 Å². The first-order chi connectivity index (χ1) is 8.63. The Bertz CT molecular complexity index is 451. The molecule has 0 aliphatic carbocycles. The highest BCUT2D eigenvalue weighted by Crippen LogP contribution is 2.25. The van der Waals surface area contributed by atoms with Crippen molar-refractivity contribution in [1.29, 1.82) is 0 Å². The lowest BCUT2D eigenvalue weighted by atomic mass is 10.0. The summed E-state index contributed by atoms with van der Waals surface area (Å²) in [6, 6.07) is 4.96. The minimum absolute atomic E-state index is 0.0454. The number of piperazine rings is 1. The van der Waals surface area contributed by atoms with E-state index in [1.807, 2.05) is 7.05 Å². The number of hydrogen-bond acceptors (Lipinski definition) is 4. The molecule has 0 aromatic heterocycles. The zero-order valence-electron chi connectivity index (χ0n) is 10.6. The molecule has 1 aliphatic heterocycles. The van der Waals surface area contributed by atoms with E-state index < -0.39 is 0 Å². The molecule has 0 saturated carbocycles. The number of rotatable bonds is 3. The smallest absolute Gasteiger partial charge is 0.185 e. The molecule has 1 fully saturated rings. The molecule has 1 N–H and O–H groups in total. The lowest BCUT2D eigenvalue weighted by molar-refractivity contribution is 0.0816. The Hall–Kier alpha value is -1.10. The van der Waals surface area contributed by atoms with Crippen LogP contribution in [-0.4, -0.2) is 50.5 Å². The Balaban J connectivity index is 2.29. The zero-order valence-corrected chi connectivity index (χ0v) is 11.3. The number of ether oxygens (including phenoxy) is 1. The number of Topliss-reactive ketones (excluding diaryl/α,β-unsaturated/α-hetero) is 1.